The van der Waals surface area contributed by atoms with Gasteiger partial charge in [-0.3, -0.25) is 9.59 Å². The summed E-state index contributed by atoms with van der Waals surface area (Å²) in [5.74, 6) is -1.10. The number of nitrogens with one attached hydrogen (secondary N) is 3. The summed E-state index contributed by atoms with van der Waals surface area (Å²) in [5.41, 5.74) is 0.771. The fraction of sp³-hybridized carbons (Fsp3) is 0.231. The molecule has 0 saturated heterocycles. The van der Waals surface area contributed by atoms with Crippen molar-refractivity contribution in [3.63, 3.8) is 0 Å². The van der Waals surface area contributed by atoms with Gasteiger partial charge in [0.25, 0.3) is 5.91 Å². The highest BCUT2D eigenvalue weighted by atomic mass is 19.1. The number of hydrogen-bond donors (Lipinski definition) is 3. The highest BCUT2D eigenvalue weighted by Crippen LogP contribution is 2.18. The van der Waals surface area contributed by atoms with Crippen LogP contribution in [0.25, 0.3) is 10.9 Å². The topological polar surface area (TPSA) is 74.0 Å². The summed E-state index contributed by atoms with van der Waals surface area (Å²) in [6.45, 7) is 2.19. The number of carbonyl (C=O) groups excluding carboxylic acids is 2. The summed E-state index contributed by atoms with van der Waals surface area (Å²) in [5, 5.41) is 5.38. The van der Waals surface area contributed by atoms with E-state index in [2.05, 4.69) is 15.6 Å². The van der Waals surface area contributed by atoms with Crippen molar-refractivity contribution in [1.82, 2.24) is 15.6 Å². The highest BCUT2D eigenvalue weighted by Gasteiger charge is 2.12. The number of aromatic nitrogens is 1. The monoisotopic (exact) mass is 263 g/mol. The summed E-state index contributed by atoms with van der Waals surface area (Å²) >= 11 is 0. The van der Waals surface area contributed by atoms with Crippen LogP contribution >= 0.6 is 0 Å². The molecule has 100 valence electrons. The Labute approximate surface area is 109 Å². The van der Waals surface area contributed by atoms with Crippen molar-refractivity contribution in [2.24, 2.45) is 0 Å². The molecule has 1 aromatic carbocycles. The Balaban J connectivity index is 2.09. The molecule has 0 spiro atoms. The molecule has 0 aliphatic heterocycles. The molecular formula is C13H14FN3O2. The summed E-state index contributed by atoms with van der Waals surface area (Å²) < 4.78 is 13.5. The van der Waals surface area contributed by atoms with Crippen molar-refractivity contribution in [1.29, 1.82) is 0 Å². The lowest BCUT2D eigenvalue weighted by atomic mass is 10.2. The van der Waals surface area contributed by atoms with Crippen molar-refractivity contribution in [3.05, 3.63) is 35.8 Å². The molecule has 2 aromatic rings. The van der Waals surface area contributed by atoms with Crippen LogP contribution in [0.4, 0.5) is 4.39 Å². The van der Waals surface area contributed by atoms with Crippen LogP contribution in [0.1, 0.15) is 17.4 Å². The summed E-state index contributed by atoms with van der Waals surface area (Å²) in [6, 6.07) is 5.99. The van der Waals surface area contributed by atoms with Crippen molar-refractivity contribution >= 4 is 22.7 Å². The van der Waals surface area contributed by atoms with E-state index in [0.717, 1.165) is 0 Å². The highest BCUT2D eigenvalue weighted by molar-refractivity contribution is 5.99. The molecule has 0 unspecified atom stereocenters. The Bertz CT molecular complexity index is 621. The van der Waals surface area contributed by atoms with Crippen molar-refractivity contribution in [2.45, 2.75) is 6.92 Å². The molecule has 19 heavy (non-hydrogen) atoms. The Morgan fingerprint density at radius 2 is 2.11 bits per heavy atom. The maximum atomic E-state index is 13.5. The van der Waals surface area contributed by atoms with Gasteiger partial charge in [0, 0.05) is 17.4 Å². The molecule has 1 aromatic heterocycles. The van der Waals surface area contributed by atoms with E-state index >= 15 is 0 Å². The smallest absolute Gasteiger partial charge is 0.268 e. The Hall–Kier alpha value is -2.37. The average molecular weight is 263 g/mol. The standard InChI is InChI=1S/C13H14FN3O2/c1-2-15-12(18)7-16-13(19)11-6-8-9(14)4-3-5-10(8)17-11/h3-6,17H,2,7H2,1H3,(H,15,18)(H,16,19). The molecule has 0 fully saturated rings. The number of amides is 2. The number of H-pyrrole nitrogens is 1. The van der Waals surface area contributed by atoms with Crippen molar-refractivity contribution in [2.75, 3.05) is 13.1 Å². The van der Waals surface area contributed by atoms with Gasteiger partial charge in [-0.05, 0) is 25.1 Å². The van der Waals surface area contributed by atoms with E-state index in [0.29, 0.717) is 17.4 Å². The number of hydrogen-bond acceptors (Lipinski definition) is 2. The average Bonchev–Trinajstić information content (AvgIpc) is 2.82. The van der Waals surface area contributed by atoms with Gasteiger partial charge in [-0.25, -0.2) is 4.39 Å². The van der Waals surface area contributed by atoms with Gasteiger partial charge in [0.1, 0.15) is 11.5 Å². The molecule has 0 aliphatic rings. The van der Waals surface area contributed by atoms with E-state index in [9.17, 15) is 14.0 Å². The molecule has 5 nitrogen and oxygen atoms in total. The third-order valence-electron chi connectivity index (χ3n) is 2.64. The maximum Gasteiger partial charge on any atom is 0.268 e. The van der Waals surface area contributed by atoms with Gasteiger partial charge >= 0.3 is 0 Å². The van der Waals surface area contributed by atoms with Crippen LogP contribution in [0.2, 0.25) is 0 Å². The Kier molecular flexibility index (Phi) is 3.79. The first kappa shape index (κ1) is 13.1. The molecule has 1 heterocycles. The number of likely N-dealkylation sites (N-methyl/N-ethyl adjacent to an activating group) is 1. The minimum absolute atomic E-state index is 0.107. The Morgan fingerprint density at radius 1 is 1.32 bits per heavy atom. The number of rotatable bonds is 4. The van der Waals surface area contributed by atoms with Crippen LogP contribution in [-0.2, 0) is 4.79 Å². The molecular weight excluding hydrogens is 249 g/mol. The van der Waals surface area contributed by atoms with Gasteiger partial charge < -0.3 is 15.6 Å². The molecule has 0 aliphatic carbocycles. The lowest BCUT2D eigenvalue weighted by Crippen LogP contribution is -2.36. The fourth-order valence-corrected chi connectivity index (χ4v) is 1.76. The maximum absolute atomic E-state index is 13.5. The van der Waals surface area contributed by atoms with Gasteiger partial charge in [-0.1, -0.05) is 6.07 Å². The van der Waals surface area contributed by atoms with Gasteiger partial charge in [0.15, 0.2) is 0 Å². The molecule has 0 atom stereocenters. The second kappa shape index (κ2) is 5.51. The van der Waals surface area contributed by atoms with E-state index in [1.165, 1.54) is 12.1 Å². The second-order valence-corrected chi connectivity index (χ2v) is 4.02. The number of carbonyl (C=O) groups is 2. The lowest BCUT2D eigenvalue weighted by Gasteiger charge is -2.03. The second-order valence-electron chi connectivity index (χ2n) is 4.02. The first-order chi connectivity index (χ1) is 9.11. The number of fused-ring (bicyclic) bond motifs is 1. The van der Waals surface area contributed by atoms with Gasteiger partial charge in [-0.2, -0.15) is 0 Å². The quantitative estimate of drug-likeness (QED) is 0.774. The normalized spacial score (nSPS) is 10.4. The van der Waals surface area contributed by atoms with Gasteiger partial charge in [-0.15, -0.1) is 0 Å². The minimum Gasteiger partial charge on any atom is -0.355 e. The van der Waals surface area contributed by atoms with E-state index in [-0.39, 0.29) is 18.1 Å². The molecule has 0 bridgehead atoms. The molecule has 3 N–H and O–H groups in total. The first-order valence-electron chi connectivity index (χ1n) is 5.94. The van der Waals surface area contributed by atoms with Crippen LogP contribution in [0.15, 0.2) is 24.3 Å². The van der Waals surface area contributed by atoms with E-state index in [1.807, 2.05) is 0 Å². The lowest BCUT2D eigenvalue weighted by molar-refractivity contribution is -0.120. The van der Waals surface area contributed by atoms with E-state index in [4.69, 9.17) is 0 Å². The van der Waals surface area contributed by atoms with E-state index in [1.54, 1.807) is 19.1 Å². The zero-order valence-electron chi connectivity index (χ0n) is 10.4. The number of halogens is 1. The predicted molar refractivity (Wildman–Crippen MR) is 69.3 cm³/mol. The summed E-state index contributed by atoms with van der Waals surface area (Å²) in [4.78, 5) is 25.8. The third-order valence-corrected chi connectivity index (χ3v) is 2.64. The fourth-order valence-electron chi connectivity index (χ4n) is 1.76. The molecule has 0 saturated carbocycles. The van der Waals surface area contributed by atoms with Crippen LogP contribution in [-0.4, -0.2) is 29.9 Å². The van der Waals surface area contributed by atoms with Crippen LogP contribution in [0.3, 0.4) is 0 Å². The summed E-state index contributed by atoms with van der Waals surface area (Å²) in [7, 11) is 0. The van der Waals surface area contributed by atoms with Crippen molar-refractivity contribution < 1.29 is 14.0 Å². The van der Waals surface area contributed by atoms with Crippen LogP contribution < -0.4 is 10.6 Å². The van der Waals surface area contributed by atoms with Gasteiger partial charge in [0.2, 0.25) is 5.91 Å². The first-order valence-corrected chi connectivity index (χ1v) is 5.94. The predicted octanol–water partition coefficient (Wildman–Crippen LogP) is 1.17. The molecule has 0 radical (unpaired) electrons. The molecule has 2 rings (SSSR count). The zero-order valence-corrected chi connectivity index (χ0v) is 10.4. The minimum atomic E-state index is -0.443. The SMILES string of the molecule is CCNC(=O)CNC(=O)c1cc2c(F)cccc2[nH]1. The Morgan fingerprint density at radius 3 is 2.79 bits per heavy atom. The van der Waals surface area contributed by atoms with Crippen LogP contribution in [0.5, 0.6) is 0 Å². The van der Waals surface area contributed by atoms with Crippen molar-refractivity contribution in [3.8, 4) is 0 Å². The number of benzene rings is 1. The largest absolute Gasteiger partial charge is 0.355 e. The number of aromatic amines is 1. The zero-order chi connectivity index (χ0) is 13.8. The molecule has 2 amide bonds. The third kappa shape index (κ3) is 2.90. The van der Waals surface area contributed by atoms with Gasteiger partial charge in [0.05, 0.1) is 6.54 Å². The van der Waals surface area contributed by atoms with Crippen LogP contribution in [0, 0.1) is 5.82 Å². The summed E-state index contributed by atoms with van der Waals surface area (Å²) in [6.07, 6.45) is 0. The van der Waals surface area contributed by atoms with E-state index < -0.39 is 11.7 Å². The molecule has 6 heteroatoms.